The number of sulfonamides is 1. The van der Waals surface area contributed by atoms with Gasteiger partial charge >= 0.3 is 11.1 Å². The van der Waals surface area contributed by atoms with E-state index >= 15 is 0 Å². The summed E-state index contributed by atoms with van der Waals surface area (Å²) in [5.41, 5.74) is -0.861. The second-order valence-electron chi connectivity index (χ2n) is 7.45. The standard InChI is InChI=1S/C23H20FN3O5S/c1-14-16(24)10-7-11-21(14)33(30,31)25-17-12-18-19(27(3)23(29)22(28)26(18)2)13-20(17)32-15-8-5-4-6-9-15/h4-13,25H,1-3H3. The van der Waals surface area contributed by atoms with E-state index in [2.05, 4.69) is 4.72 Å². The first-order valence-electron chi connectivity index (χ1n) is 9.85. The molecule has 0 spiro atoms. The molecule has 0 atom stereocenters. The number of nitrogens with zero attached hydrogens (tertiary/aromatic N) is 2. The smallest absolute Gasteiger partial charge is 0.316 e. The van der Waals surface area contributed by atoms with E-state index in [1.165, 1.54) is 55.9 Å². The van der Waals surface area contributed by atoms with Crippen LogP contribution in [0.2, 0.25) is 0 Å². The maximum absolute atomic E-state index is 14.0. The normalized spacial score (nSPS) is 11.5. The van der Waals surface area contributed by atoms with Crippen LogP contribution in [0.15, 0.2) is 75.1 Å². The molecule has 4 rings (SSSR count). The zero-order valence-corrected chi connectivity index (χ0v) is 18.8. The molecule has 8 nitrogen and oxygen atoms in total. The second-order valence-corrected chi connectivity index (χ2v) is 9.10. The highest BCUT2D eigenvalue weighted by molar-refractivity contribution is 7.92. The van der Waals surface area contributed by atoms with E-state index < -0.39 is 27.0 Å². The maximum Gasteiger partial charge on any atom is 0.316 e. The Balaban J connectivity index is 1.95. The SMILES string of the molecule is Cc1c(F)cccc1S(=O)(=O)Nc1cc2c(cc1Oc1ccccc1)n(C)c(=O)c(=O)n2C. The molecule has 1 N–H and O–H groups in total. The molecule has 1 heterocycles. The van der Waals surface area contributed by atoms with Crippen molar-refractivity contribution in [3.05, 3.63) is 92.8 Å². The van der Waals surface area contributed by atoms with E-state index in [0.717, 1.165) is 4.57 Å². The summed E-state index contributed by atoms with van der Waals surface area (Å²) >= 11 is 0. The number of ether oxygens (including phenoxy) is 1. The topological polar surface area (TPSA) is 99.4 Å². The van der Waals surface area contributed by atoms with E-state index in [9.17, 15) is 22.4 Å². The molecule has 0 saturated heterocycles. The lowest BCUT2D eigenvalue weighted by atomic mass is 10.2. The Morgan fingerprint density at radius 2 is 1.48 bits per heavy atom. The molecule has 4 aromatic rings. The molecule has 0 saturated carbocycles. The van der Waals surface area contributed by atoms with Crippen LogP contribution >= 0.6 is 0 Å². The number of para-hydroxylation sites is 1. The fraction of sp³-hybridized carbons (Fsp3) is 0.130. The van der Waals surface area contributed by atoms with Gasteiger partial charge in [0.2, 0.25) is 0 Å². The van der Waals surface area contributed by atoms with E-state index in [4.69, 9.17) is 4.74 Å². The lowest BCUT2D eigenvalue weighted by Gasteiger charge is -2.17. The molecule has 1 aromatic heterocycles. The Labute approximate surface area is 188 Å². The van der Waals surface area contributed by atoms with Crippen LogP contribution in [0.3, 0.4) is 0 Å². The van der Waals surface area contributed by atoms with Gasteiger partial charge in [0.25, 0.3) is 10.0 Å². The van der Waals surface area contributed by atoms with E-state index in [0.29, 0.717) is 16.8 Å². The highest BCUT2D eigenvalue weighted by Gasteiger charge is 2.22. The molecule has 0 unspecified atom stereocenters. The van der Waals surface area contributed by atoms with Gasteiger partial charge in [-0.3, -0.25) is 14.3 Å². The fourth-order valence-corrected chi connectivity index (χ4v) is 4.78. The van der Waals surface area contributed by atoms with E-state index in [1.54, 1.807) is 30.3 Å². The number of hydrogen-bond acceptors (Lipinski definition) is 5. The van der Waals surface area contributed by atoms with Crippen molar-refractivity contribution in [1.82, 2.24) is 9.13 Å². The molecule has 0 aliphatic heterocycles. The monoisotopic (exact) mass is 469 g/mol. The number of anilines is 1. The van der Waals surface area contributed by atoms with Gasteiger partial charge in [-0.25, -0.2) is 12.8 Å². The van der Waals surface area contributed by atoms with Crippen molar-refractivity contribution in [1.29, 1.82) is 0 Å². The number of benzene rings is 3. The Bertz CT molecular complexity index is 1610. The van der Waals surface area contributed by atoms with Crippen LogP contribution in [0.5, 0.6) is 11.5 Å². The van der Waals surface area contributed by atoms with Crippen LogP contribution in [-0.2, 0) is 24.1 Å². The molecule has 0 aliphatic carbocycles. The number of nitrogens with one attached hydrogen (secondary N) is 1. The first-order valence-corrected chi connectivity index (χ1v) is 11.3. The third-order valence-electron chi connectivity index (χ3n) is 5.31. The molecular formula is C23H20FN3O5S. The molecular weight excluding hydrogens is 449 g/mol. The van der Waals surface area contributed by atoms with Gasteiger partial charge in [-0.15, -0.1) is 0 Å². The van der Waals surface area contributed by atoms with Crippen molar-refractivity contribution in [3.63, 3.8) is 0 Å². The van der Waals surface area contributed by atoms with Crippen molar-refractivity contribution in [2.75, 3.05) is 4.72 Å². The highest BCUT2D eigenvalue weighted by Crippen LogP contribution is 2.35. The molecule has 0 fully saturated rings. The zero-order chi connectivity index (χ0) is 23.9. The highest BCUT2D eigenvalue weighted by atomic mass is 32.2. The number of aryl methyl sites for hydroxylation is 2. The minimum Gasteiger partial charge on any atom is -0.455 e. The van der Waals surface area contributed by atoms with Gasteiger partial charge in [0.1, 0.15) is 11.6 Å². The van der Waals surface area contributed by atoms with Gasteiger partial charge in [-0.05, 0) is 37.3 Å². The molecule has 33 heavy (non-hydrogen) atoms. The van der Waals surface area contributed by atoms with E-state index in [-0.39, 0.29) is 21.9 Å². The summed E-state index contributed by atoms with van der Waals surface area (Å²) in [7, 11) is -1.36. The van der Waals surface area contributed by atoms with Crippen LogP contribution in [0, 0.1) is 12.7 Å². The van der Waals surface area contributed by atoms with Gasteiger partial charge in [0, 0.05) is 25.7 Å². The predicted molar refractivity (Wildman–Crippen MR) is 123 cm³/mol. The summed E-state index contributed by atoms with van der Waals surface area (Å²) in [6, 6.07) is 15.3. The minimum absolute atomic E-state index is 0.0173. The first kappa shape index (κ1) is 22.3. The number of hydrogen-bond donors (Lipinski definition) is 1. The van der Waals surface area contributed by atoms with Crippen LogP contribution < -0.4 is 20.6 Å². The third kappa shape index (κ3) is 4.00. The van der Waals surface area contributed by atoms with Crippen LogP contribution in [-0.4, -0.2) is 17.6 Å². The molecule has 170 valence electrons. The van der Waals surface area contributed by atoms with Gasteiger partial charge in [0.05, 0.1) is 21.6 Å². The van der Waals surface area contributed by atoms with Gasteiger partial charge in [0.15, 0.2) is 5.75 Å². The Hall–Kier alpha value is -3.92. The molecule has 0 bridgehead atoms. The van der Waals surface area contributed by atoms with Crippen molar-refractivity contribution in [3.8, 4) is 11.5 Å². The third-order valence-corrected chi connectivity index (χ3v) is 6.82. The molecule has 3 aromatic carbocycles. The van der Waals surface area contributed by atoms with Crippen molar-refractivity contribution in [2.45, 2.75) is 11.8 Å². The Morgan fingerprint density at radius 1 is 0.879 bits per heavy atom. The Kier molecular flexibility index (Phi) is 5.54. The summed E-state index contributed by atoms with van der Waals surface area (Å²) in [4.78, 5) is 24.3. The van der Waals surface area contributed by atoms with Gasteiger partial charge < -0.3 is 13.9 Å². The summed E-state index contributed by atoms with van der Waals surface area (Å²) < 4.78 is 50.9. The van der Waals surface area contributed by atoms with Gasteiger partial charge in [-0.2, -0.15) is 0 Å². The molecule has 0 radical (unpaired) electrons. The summed E-state index contributed by atoms with van der Waals surface area (Å²) in [5.74, 6) is -0.136. The average Bonchev–Trinajstić information content (AvgIpc) is 2.79. The predicted octanol–water partition coefficient (Wildman–Crippen LogP) is 3.28. The lowest BCUT2D eigenvalue weighted by Crippen LogP contribution is -2.39. The van der Waals surface area contributed by atoms with Crippen molar-refractivity contribution >= 4 is 26.7 Å². The number of aromatic nitrogens is 2. The van der Waals surface area contributed by atoms with Crippen molar-refractivity contribution in [2.24, 2.45) is 14.1 Å². The van der Waals surface area contributed by atoms with Crippen LogP contribution in [0.25, 0.3) is 11.0 Å². The van der Waals surface area contributed by atoms with Crippen LogP contribution in [0.4, 0.5) is 10.1 Å². The quantitative estimate of drug-likeness (QED) is 0.452. The largest absolute Gasteiger partial charge is 0.455 e. The first-order chi connectivity index (χ1) is 15.6. The Morgan fingerprint density at radius 3 is 2.12 bits per heavy atom. The summed E-state index contributed by atoms with van der Waals surface area (Å²) in [5, 5.41) is 0. The second kappa shape index (κ2) is 8.21. The lowest BCUT2D eigenvalue weighted by molar-refractivity contribution is 0.485. The van der Waals surface area contributed by atoms with E-state index in [1.807, 2.05) is 0 Å². The summed E-state index contributed by atoms with van der Waals surface area (Å²) in [6.45, 7) is 1.37. The maximum atomic E-state index is 14.0. The molecule has 0 amide bonds. The number of rotatable bonds is 5. The van der Waals surface area contributed by atoms with Crippen LogP contribution in [0.1, 0.15) is 5.56 Å². The molecule has 10 heteroatoms. The number of fused-ring (bicyclic) bond motifs is 1. The van der Waals surface area contributed by atoms with Crippen molar-refractivity contribution < 1.29 is 17.5 Å². The minimum atomic E-state index is -4.22. The van der Waals surface area contributed by atoms with Gasteiger partial charge in [-0.1, -0.05) is 24.3 Å². The zero-order valence-electron chi connectivity index (χ0n) is 18.0. The summed E-state index contributed by atoms with van der Waals surface area (Å²) in [6.07, 6.45) is 0. The average molecular weight is 469 g/mol. The fourth-order valence-electron chi connectivity index (χ4n) is 3.46. The number of halogens is 1. The molecule has 0 aliphatic rings.